The zero-order valence-corrected chi connectivity index (χ0v) is 17.0. The standard InChI is InChI=1S/C18H21ClN8O4/c19-11-3-12(22-6-21-11)27(9-1-2-20-4-9)17-13-16(23-7-24-17)26(8-25-13)18-15(30)14(29)10(5-28)31-18/h3,6-10,14-15,18,20,28-30H,1-2,4-5H2/t9-,10?,14?,15?,18?/m0/s1. The zero-order chi connectivity index (χ0) is 21.5. The number of anilines is 2. The van der Waals surface area contributed by atoms with Gasteiger partial charge in [0.25, 0.3) is 0 Å². The SMILES string of the molecule is OCC1OC(n2cnc3c(N(c4cc(Cl)ncn4)[C@H]4CCNC4)ncnc32)C(O)C1O. The van der Waals surface area contributed by atoms with E-state index in [4.69, 9.17) is 16.3 Å². The van der Waals surface area contributed by atoms with Gasteiger partial charge in [-0.1, -0.05) is 11.6 Å². The summed E-state index contributed by atoms with van der Waals surface area (Å²) in [6.45, 7) is 1.16. The quantitative estimate of drug-likeness (QED) is 0.369. The van der Waals surface area contributed by atoms with Crippen LogP contribution in [0.1, 0.15) is 12.6 Å². The minimum atomic E-state index is -1.25. The van der Waals surface area contributed by atoms with Gasteiger partial charge in [0.1, 0.15) is 41.9 Å². The normalized spacial score (nSPS) is 28.5. The molecule has 0 bridgehead atoms. The van der Waals surface area contributed by atoms with E-state index in [1.165, 1.54) is 23.5 Å². The average molecular weight is 449 g/mol. The summed E-state index contributed by atoms with van der Waals surface area (Å²) in [4.78, 5) is 23.6. The number of fused-ring (bicyclic) bond motifs is 1. The highest BCUT2D eigenvalue weighted by molar-refractivity contribution is 6.29. The summed E-state index contributed by atoms with van der Waals surface area (Å²) in [5, 5.41) is 33.6. The van der Waals surface area contributed by atoms with Gasteiger partial charge in [0, 0.05) is 12.6 Å². The molecule has 3 aromatic rings. The fraction of sp³-hybridized carbons (Fsp3) is 0.500. The number of imidazole rings is 1. The molecule has 5 heterocycles. The van der Waals surface area contributed by atoms with Gasteiger partial charge in [-0.3, -0.25) is 4.57 Å². The van der Waals surface area contributed by atoms with Crippen LogP contribution >= 0.6 is 11.6 Å². The second-order valence-electron chi connectivity index (χ2n) is 7.47. The maximum absolute atomic E-state index is 10.4. The van der Waals surface area contributed by atoms with Crippen molar-refractivity contribution in [1.82, 2.24) is 34.8 Å². The predicted molar refractivity (Wildman–Crippen MR) is 109 cm³/mol. The Bertz CT molecular complexity index is 1080. The molecule has 5 atom stereocenters. The molecule has 0 spiro atoms. The molecule has 31 heavy (non-hydrogen) atoms. The van der Waals surface area contributed by atoms with Crippen molar-refractivity contribution >= 4 is 34.4 Å². The number of ether oxygens (including phenoxy) is 1. The van der Waals surface area contributed by atoms with Gasteiger partial charge in [0.05, 0.1) is 19.0 Å². The van der Waals surface area contributed by atoms with Gasteiger partial charge in [0.2, 0.25) is 0 Å². The Balaban J connectivity index is 1.60. The van der Waals surface area contributed by atoms with Crippen LogP contribution in [0.5, 0.6) is 0 Å². The first-order valence-corrected chi connectivity index (χ1v) is 10.2. The zero-order valence-electron chi connectivity index (χ0n) is 16.3. The van der Waals surface area contributed by atoms with Crippen molar-refractivity contribution in [2.24, 2.45) is 0 Å². The number of rotatable bonds is 5. The molecule has 3 aromatic heterocycles. The van der Waals surface area contributed by atoms with Crippen molar-refractivity contribution in [2.75, 3.05) is 24.6 Å². The van der Waals surface area contributed by atoms with Crippen LogP contribution in [-0.2, 0) is 4.74 Å². The van der Waals surface area contributed by atoms with Crippen LogP contribution < -0.4 is 10.2 Å². The molecule has 4 N–H and O–H groups in total. The number of hydrogen-bond acceptors (Lipinski definition) is 11. The third-order valence-electron chi connectivity index (χ3n) is 5.62. The third kappa shape index (κ3) is 3.50. The Labute approximate surface area is 181 Å². The Kier molecular flexibility index (Phi) is 5.42. The van der Waals surface area contributed by atoms with E-state index in [0.29, 0.717) is 28.0 Å². The molecule has 0 aliphatic carbocycles. The summed E-state index contributed by atoms with van der Waals surface area (Å²) in [7, 11) is 0. The largest absolute Gasteiger partial charge is 0.394 e. The summed E-state index contributed by atoms with van der Waals surface area (Å²) in [6, 6.07) is 1.72. The highest BCUT2D eigenvalue weighted by atomic mass is 35.5. The molecule has 12 nitrogen and oxygen atoms in total. The summed E-state index contributed by atoms with van der Waals surface area (Å²) < 4.78 is 7.17. The van der Waals surface area contributed by atoms with Crippen LogP contribution in [-0.4, -0.2) is 88.9 Å². The van der Waals surface area contributed by atoms with Gasteiger partial charge >= 0.3 is 0 Å². The lowest BCUT2D eigenvalue weighted by Gasteiger charge is -2.28. The number of aromatic nitrogens is 6. The highest BCUT2D eigenvalue weighted by Crippen LogP contribution is 2.35. The van der Waals surface area contributed by atoms with Crippen LogP contribution in [0.3, 0.4) is 0 Å². The second kappa shape index (κ2) is 8.22. The van der Waals surface area contributed by atoms with Crippen LogP contribution in [0.4, 0.5) is 11.6 Å². The van der Waals surface area contributed by atoms with E-state index >= 15 is 0 Å². The fourth-order valence-electron chi connectivity index (χ4n) is 4.10. The van der Waals surface area contributed by atoms with Gasteiger partial charge in [-0.25, -0.2) is 24.9 Å². The molecule has 4 unspecified atom stereocenters. The number of nitrogens with one attached hydrogen (secondary N) is 1. The number of nitrogens with zero attached hydrogens (tertiary/aromatic N) is 7. The molecule has 5 rings (SSSR count). The summed E-state index contributed by atoms with van der Waals surface area (Å²) >= 11 is 6.11. The molecule has 2 fully saturated rings. The Morgan fingerprint density at radius 3 is 2.71 bits per heavy atom. The van der Waals surface area contributed by atoms with Crippen LogP contribution in [0, 0.1) is 0 Å². The molecule has 0 saturated carbocycles. The third-order valence-corrected chi connectivity index (χ3v) is 5.83. The summed E-state index contributed by atoms with van der Waals surface area (Å²) in [6.07, 6.45) is 0.808. The number of halogens is 1. The second-order valence-corrected chi connectivity index (χ2v) is 7.85. The van der Waals surface area contributed by atoms with Crippen LogP contribution in [0.25, 0.3) is 11.2 Å². The van der Waals surface area contributed by atoms with Crippen molar-refractivity contribution in [3.05, 3.63) is 30.2 Å². The maximum atomic E-state index is 10.4. The molecule has 0 radical (unpaired) electrons. The first-order valence-electron chi connectivity index (χ1n) is 9.86. The Hall–Kier alpha value is -2.48. The molecule has 2 saturated heterocycles. The van der Waals surface area contributed by atoms with Gasteiger partial charge in [-0.15, -0.1) is 0 Å². The lowest BCUT2D eigenvalue weighted by Crippen LogP contribution is -2.34. The molecule has 0 amide bonds. The van der Waals surface area contributed by atoms with Crippen LogP contribution in [0.15, 0.2) is 25.0 Å². The van der Waals surface area contributed by atoms with Crippen molar-refractivity contribution < 1.29 is 20.1 Å². The van der Waals surface area contributed by atoms with Crippen molar-refractivity contribution in [3.63, 3.8) is 0 Å². The molecule has 2 aliphatic rings. The van der Waals surface area contributed by atoms with Crippen molar-refractivity contribution in [2.45, 2.75) is 37.0 Å². The predicted octanol–water partition coefficient (Wildman–Crippen LogP) is -0.619. The summed E-state index contributed by atoms with van der Waals surface area (Å²) in [5.74, 6) is 1.11. The van der Waals surface area contributed by atoms with E-state index in [2.05, 4.69) is 30.2 Å². The average Bonchev–Trinajstić information content (AvgIpc) is 3.50. The lowest BCUT2D eigenvalue weighted by molar-refractivity contribution is -0.0511. The molecule has 2 aliphatic heterocycles. The Morgan fingerprint density at radius 2 is 2.00 bits per heavy atom. The number of aliphatic hydroxyl groups excluding tert-OH is 3. The van der Waals surface area contributed by atoms with E-state index in [0.717, 1.165) is 19.5 Å². The van der Waals surface area contributed by atoms with Gasteiger partial charge in [-0.05, 0) is 13.0 Å². The van der Waals surface area contributed by atoms with Gasteiger partial charge in [-0.2, -0.15) is 0 Å². The van der Waals surface area contributed by atoms with E-state index in [9.17, 15) is 15.3 Å². The van der Waals surface area contributed by atoms with E-state index in [-0.39, 0.29) is 6.04 Å². The smallest absolute Gasteiger partial charge is 0.167 e. The van der Waals surface area contributed by atoms with Gasteiger partial charge < -0.3 is 30.3 Å². The van der Waals surface area contributed by atoms with E-state index in [1.807, 2.05) is 4.90 Å². The molecular formula is C18H21ClN8O4. The first-order chi connectivity index (χ1) is 15.1. The maximum Gasteiger partial charge on any atom is 0.167 e. The monoisotopic (exact) mass is 448 g/mol. The fourth-order valence-corrected chi connectivity index (χ4v) is 4.24. The Morgan fingerprint density at radius 1 is 1.16 bits per heavy atom. The van der Waals surface area contributed by atoms with Gasteiger partial charge in [0.15, 0.2) is 23.2 Å². The van der Waals surface area contributed by atoms with Crippen LogP contribution in [0.2, 0.25) is 5.15 Å². The number of aliphatic hydroxyl groups is 3. The van der Waals surface area contributed by atoms with E-state index in [1.54, 1.807) is 6.07 Å². The first kappa shape index (κ1) is 20.4. The van der Waals surface area contributed by atoms with Crippen molar-refractivity contribution in [3.8, 4) is 0 Å². The highest BCUT2D eigenvalue weighted by Gasteiger charge is 2.44. The molecule has 0 aromatic carbocycles. The molecule has 13 heteroatoms. The van der Waals surface area contributed by atoms with Crippen molar-refractivity contribution in [1.29, 1.82) is 0 Å². The molecule has 164 valence electrons. The minimum absolute atomic E-state index is 0.0585. The minimum Gasteiger partial charge on any atom is -0.394 e. The summed E-state index contributed by atoms with van der Waals surface area (Å²) in [5.41, 5.74) is 0.887. The number of hydrogen-bond donors (Lipinski definition) is 4. The van der Waals surface area contributed by atoms with E-state index < -0.39 is 31.1 Å². The topological polar surface area (TPSA) is 155 Å². The molecular weight excluding hydrogens is 428 g/mol. The lowest BCUT2D eigenvalue weighted by atomic mass is 10.1.